The molecule has 0 radical (unpaired) electrons. The molecule has 2 amide bonds. The highest BCUT2D eigenvalue weighted by Crippen LogP contribution is 2.13. The minimum atomic E-state index is -3.47. The van der Waals surface area contributed by atoms with Crippen LogP contribution in [-0.4, -0.2) is 48.4 Å². The average molecular weight is 304 g/mol. The Balaban J connectivity index is 2.93. The van der Waals surface area contributed by atoms with Gasteiger partial charge in [-0.2, -0.15) is 5.10 Å². The van der Waals surface area contributed by atoms with Gasteiger partial charge in [0.05, 0.1) is 18.0 Å². The van der Waals surface area contributed by atoms with Crippen LogP contribution in [0.4, 0.5) is 4.79 Å². The molecule has 8 heteroatoms. The summed E-state index contributed by atoms with van der Waals surface area (Å²) in [5.74, 6) is 0.0627. The van der Waals surface area contributed by atoms with Crippen LogP contribution in [0.25, 0.3) is 0 Å². The van der Waals surface area contributed by atoms with Gasteiger partial charge in [0.1, 0.15) is 0 Å². The number of hydrogen-bond donors (Lipinski definition) is 1. The van der Waals surface area contributed by atoms with E-state index in [1.54, 1.807) is 6.92 Å². The molecule has 1 heterocycles. The molecule has 1 N–H and O–H groups in total. The summed E-state index contributed by atoms with van der Waals surface area (Å²) in [6.07, 6.45) is 2.97. The quantitative estimate of drug-likeness (QED) is 0.738. The largest absolute Gasteiger partial charge is 0.353 e. The van der Waals surface area contributed by atoms with Gasteiger partial charge in [-0.1, -0.05) is 26.7 Å². The number of nitrogens with one attached hydrogen (secondary N) is 1. The van der Waals surface area contributed by atoms with Crippen LogP contribution in [0.3, 0.4) is 0 Å². The maximum absolute atomic E-state index is 12.4. The Bertz CT molecular complexity index is 461. The molecule has 0 saturated heterocycles. The monoisotopic (exact) mass is 304 g/mol. The first-order chi connectivity index (χ1) is 9.42. The molecule has 0 atom stereocenters. The van der Waals surface area contributed by atoms with Crippen molar-refractivity contribution in [3.05, 3.63) is 0 Å². The number of urea groups is 1. The van der Waals surface area contributed by atoms with Crippen LogP contribution in [0.15, 0.2) is 5.10 Å². The second-order valence-corrected chi connectivity index (χ2v) is 6.88. The van der Waals surface area contributed by atoms with E-state index in [0.29, 0.717) is 25.1 Å². The van der Waals surface area contributed by atoms with Gasteiger partial charge in [-0.05, 0) is 19.8 Å². The number of unbranched alkanes of at least 4 members (excludes halogenated alkanes) is 2. The molecule has 0 saturated carbocycles. The van der Waals surface area contributed by atoms with Gasteiger partial charge in [0.15, 0.2) is 0 Å². The molecule has 116 valence electrons. The van der Waals surface area contributed by atoms with Crippen LogP contribution >= 0.6 is 0 Å². The lowest BCUT2D eigenvalue weighted by atomic mass is 10.3. The Hall–Kier alpha value is -1.15. The molecule has 0 aromatic rings. The average Bonchev–Trinajstić information content (AvgIpc) is 2.40. The van der Waals surface area contributed by atoms with E-state index >= 15 is 0 Å². The molecule has 0 spiro atoms. The third-order valence-corrected chi connectivity index (χ3v) is 4.83. The van der Waals surface area contributed by atoms with Crippen molar-refractivity contribution < 1.29 is 13.2 Å². The molecule has 0 aromatic carbocycles. The summed E-state index contributed by atoms with van der Waals surface area (Å²) in [6.45, 7) is 6.21. The summed E-state index contributed by atoms with van der Waals surface area (Å²) in [7, 11) is -3.47. The third-order valence-electron chi connectivity index (χ3n) is 3.00. The van der Waals surface area contributed by atoms with Gasteiger partial charge in [0, 0.05) is 6.54 Å². The fourth-order valence-corrected chi connectivity index (χ4v) is 3.54. The number of sulfonamides is 1. The fraction of sp³-hybridized carbons (Fsp3) is 0.833. The van der Waals surface area contributed by atoms with Crippen molar-refractivity contribution in [3.8, 4) is 0 Å². The lowest BCUT2D eigenvalue weighted by molar-refractivity contribution is 0.0993. The van der Waals surface area contributed by atoms with Gasteiger partial charge in [0.25, 0.3) is 0 Å². The van der Waals surface area contributed by atoms with E-state index in [1.165, 1.54) is 9.42 Å². The van der Waals surface area contributed by atoms with E-state index in [-0.39, 0.29) is 12.3 Å². The Kier molecular flexibility index (Phi) is 6.41. The second kappa shape index (κ2) is 7.58. The molecule has 0 aromatic heterocycles. The number of carbonyl (C=O) groups is 1. The molecule has 0 unspecified atom stereocenters. The Labute approximate surface area is 121 Å². The number of amides is 2. The number of rotatable bonds is 8. The highest BCUT2D eigenvalue weighted by molar-refractivity contribution is 7.89. The molecule has 0 fully saturated rings. The summed E-state index contributed by atoms with van der Waals surface area (Å²) >= 11 is 0. The summed E-state index contributed by atoms with van der Waals surface area (Å²) < 4.78 is 26.0. The first kappa shape index (κ1) is 16.9. The lowest BCUT2D eigenvalue weighted by Gasteiger charge is -2.35. The molecule has 0 bridgehead atoms. The van der Waals surface area contributed by atoms with E-state index < -0.39 is 16.1 Å². The number of nitrogens with zero attached hydrogens (tertiary/aromatic N) is 3. The predicted octanol–water partition coefficient (Wildman–Crippen LogP) is 1.53. The van der Waals surface area contributed by atoms with E-state index in [1.807, 2.05) is 13.8 Å². The van der Waals surface area contributed by atoms with Gasteiger partial charge < -0.3 is 0 Å². The zero-order chi connectivity index (χ0) is 15.2. The van der Waals surface area contributed by atoms with Crippen molar-refractivity contribution in [2.45, 2.75) is 46.5 Å². The highest BCUT2D eigenvalue weighted by atomic mass is 32.2. The summed E-state index contributed by atoms with van der Waals surface area (Å²) in [6, 6.07) is -0.494. The van der Waals surface area contributed by atoms with Crippen molar-refractivity contribution in [1.82, 2.24) is 14.8 Å². The van der Waals surface area contributed by atoms with Crippen molar-refractivity contribution in [3.63, 3.8) is 0 Å². The maximum Gasteiger partial charge on any atom is 0.353 e. The molecule has 1 aliphatic rings. The van der Waals surface area contributed by atoms with Gasteiger partial charge in [-0.3, -0.25) is 0 Å². The Morgan fingerprint density at radius 3 is 2.55 bits per heavy atom. The van der Waals surface area contributed by atoms with E-state index in [4.69, 9.17) is 0 Å². The first-order valence-corrected chi connectivity index (χ1v) is 8.64. The van der Waals surface area contributed by atoms with Crippen LogP contribution in [0.1, 0.15) is 46.5 Å². The zero-order valence-corrected chi connectivity index (χ0v) is 13.2. The lowest BCUT2D eigenvalue weighted by Crippen LogP contribution is -2.57. The van der Waals surface area contributed by atoms with Crippen molar-refractivity contribution in [1.29, 1.82) is 0 Å². The van der Waals surface area contributed by atoms with E-state index in [9.17, 15) is 13.2 Å². The third kappa shape index (κ3) is 4.45. The van der Waals surface area contributed by atoms with Gasteiger partial charge >= 0.3 is 6.03 Å². The molecular formula is C12H24N4O3S. The second-order valence-electron chi connectivity index (χ2n) is 4.89. The standard InChI is InChI=1S/C12H24N4O3S/c1-4-6-8-16(20(18,19)9-7-5-2)15-10-11(3)13-14-12(15)17/h4-10H2,1-3H3,(H,14,17). The minimum absolute atomic E-state index is 0.0627. The van der Waals surface area contributed by atoms with Crippen LogP contribution < -0.4 is 5.43 Å². The summed E-state index contributed by atoms with van der Waals surface area (Å²) in [5.41, 5.74) is 3.01. The Morgan fingerprint density at radius 2 is 1.95 bits per heavy atom. The zero-order valence-electron chi connectivity index (χ0n) is 12.4. The number of hydrazine groups is 1. The number of hydrazone groups is 1. The fourth-order valence-electron chi connectivity index (χ4n) is 1.84. The van der Waals surface area contributed by atoms with Gasteiger partial charge in [-0.25, -0.2) is 23.6 Å². The smallest absolute Gasteiger partial charge is 0.245 e. The van der Waals surface area contributed by atoms with Gasteiger partial charge in [0.2, 0.25) is 10.0 Å². The summed E-state index contributed by atoms with van der Waals surface area (Å²) in [4.78, 5) is 11.9. The maximum atomic E-state index is 12.4. The molecular weight excluding hydrogens is 280 g/mol. The van der Waals surface area contributed by atoms with Crippen LogP contribution in [-0.2, 0) is 10.0 Å². The van der Waals surface area contributed by atoms with Crippen molar-refractivity contribution in [2.75, 3.05) is 18.8 Å². The SMILES string of the molecule is CCCCN(N1CC(C)=NNC1=O)S(=O)(=O)CCCC. The van der Waals surface area contributed by atoms with E-state index in [2.05, 4.69) is 10.5 Å². The van der Waals surface area contributed by atoms with Crippen molar-refractivity contribution >= 4 is 21.8 Å². The molecule has 0 aliphatic carbocycles. The van der Waals surface area contributed by atoms with Crippen LogP contribution in [0, 0.1) is 0 Å². The molecule has 1 aliphatic heterocycles. The predicted molar refractivity (Wildman–Crippen MR) is 78.7 cm³/mol. The topological polar surface area (TPSA) is 82.1 Å². The number of hydrogen-bond acceptors (Lipinski definition) is 4. The van der Waals surface area contributed by atoms with Crippen molar-refractivity contribution in [2.24, 2.45) is 5.10 Å². The molecule has 20 heavy (non-hydrogen) atoms. The Morgan fingerprint density at radius 1 is 1.30 bits per heavy atom. The van der Waals surface area contributed by atoms with Gasteiger partial charge in [-0.15, -0.1) is 4.41 Å². The first-order valence-electron chi connectivity index (χ1n) is 7.03. The highest BCUT2D eigenvalue weighted by Gasteiger charge is 2.32. The number of carbonyl (C=O) groups excluding carboxylic acids is 1. The normalized spacial score (nSPS) is 16.3. The van der Waals surface area contributed by atoms with Crippen LogP contribution in [0.2, 0.25) is 0 Å². The summed E-state index contributed by atoms with van der Waals surface area (Å²) in [5, 5.41) is 5.06. The molecule has 7 nitrogen and oxygen atoms in total. The molecule has 1 rings (SSSR count). The van der Waals surface area contributed by atoms with Crippen LogP contribution in [0.5, 0.6) is 0 Å². The minimum Gasteiger partial charge on any atom is -0.245 e. The van der Waals surface area contributed by atoms with E-state index in [0.717, 1.165) is 12.8 Å².